The number of hydrogen-bond acceptors (Lipinski definition) is 3. The van der Waals surface area contributed by atoms with Crippen LogP contribution >= 0.6 is 7.37 Å². The van der Waals surface area contributed by atoms with Crippen LogP contribution < -0.4 is 10.6 Å². The van der Waals surface area contributed by atoms with Gasteiger partial charge >= 0.3 is 0 Å². The minimum Gasteiger partial charge on any atom is -0.322 e. The summed E-state index contributed by atoms with van der Waals surface area (Å²) in [6.07, 6.45) is 0. The fraction of sp³-hybridized carbons (Fsp3) is 0.250. The number of carbonyl (C=O) groups is 1. The van der Waals surface area contributed by atoms with Gasteiger partial charge in [-0.15, -0.1) is 0 Å². The Bertz CT molecular complexity index is 456. The Morgan fingerprint density at radius 2 is 2.00 bits per heavy atom. The first kappa shape index (κ1) is 13.7. The van der Waals surface area contributed by atoms with E-state index < -0.39 is 7.37 Å². The van der Waals surface area contributed by atoms with Gasteiger partial charge in [-0.05, 0) is 19.1 Å². The molecule has 0 spiro atoms. The molecule has 17 heavy (non-hydrogen) atoms. The van der Waals surface area contributed by atoms with Crippen molar-refractivity contribution in [2.75, 3.05) is 6.61 Å². The molecule has 0 fully saturated rings. The fourth-order valence-electron chi connectivity index (χ4n) is 1.39. The maximum absolute atomic E-state index is 12.7. The zero-order valence-corrected chi connectivity index (χ0v) is 10.9. The van der Waals surface area contributed by atoms with Gasteiger partial charge in [-0.3, -0.25) is 9.36 Å². The van der Waals surface area contributed by atoms with Gasteiger partial charge in [0.05, 0.1) is 6.61 Å². The van der Waals surface area contributed by atoms with Crippen molar-refractivity contribution in [3.05, 3.63) is 42.3 Å². The summed E-state index contributed by atoms with van der Waals surface area (Å²) >= 11 is 0. The zero-order chi connectivity index (χ0) is 12.9. The van der Waals surface area contributed by atoms with Crippen LogP contribution in [0.5, 0.6) is 0 Å². The molecule has 1 aromatic rings. The molecule has 1 amide bonds. The largest absolute Gasteiger partial charge is 0.322 e. The first-order chi connectivity index (χ1) is 8.00. The van der Waals surface area contributed by atoms with Crippen molar-refractivity contribution < 1.29 is 13.9 Å². The lowest BCUT2D eigenvalue weighted by atomic mass is 10.4. The van der Waals surface area contributed by atoms with E-state index in [0.717, 1.165) is 0 Å². The number of nitrogens with one attached hydrogen (secondary N) is 1. The Kier molecular flexibility index (Phi) is 4.67. The Hall–Kier alpha value is -1.38. The van der Waals surface area contributed by atoms with Gasteiger partial charge in [0.25, 0.3) is 7.37 Å². The van der Waals surface area contributed by atoms with Crippen molar-refractivity contribution in [1.29, 1.82) is 0 Å². The van der Waals surface area contributed by atoms with Gasteiger partial charge in [-0.2, -0.15) is 0 Å². The number of amides is 1. The third-order valence-corrected chi connectivity index (χ3v) is 4.50. The third kappa shape index (κ3) is 3.29. The van der Waals surface area contributed by atoms with Crippen LogP contribution in [0.1, 0.15) is 13.8 Å². The maximum Gasteiger partial charge on any atom is 0.276 e. The summed E-state index contributed by atoms with van der Waals surface area (Å²) in [6, 6.07) is 8.75. The second kappa shape index (κ2) is 5.80. The highest BCUT2D eigenvalue weighted by Gasteiger charge is 2.29. The minimum atomic E-state index is -3.24. The second-order valence-electron chi connectivity index (χ2n) is 3.43. The Morgan fingerprint density at radius 1 is 1.41 bits per heavy atom. The molecule has 0 radical (unpaired) electrons. The molecule has 5 heteroatoms. The molecule has 1 aromatic carbocycles. The standard InChI is InChI=1S/C12H16NO3P/c1-4-16-17(15,11(3)13-10(2)14)12-8-6-5-7-9-12/h5-9H,3-4H2,1-2H3,(H,13,14)/t17-/m0/s1. The van der Waals surface area contributed by atoms with Crippen LogP contribution in [0.3, 0.4) is 0 Å². The quantitative estimate of drug-likeness (QED) is 0.819. The van der Waals surface area contributed by atoms with E-state index in [1.165, 1.54) is 6.92 Å². The summed E-state index contributed by atoms with van der Waals surface area (Å²) in [7, 11) is -3.24. The van der Waals surface area contributed by atoms with Crippen molar-refractivity contribution in [3.63, 3.8) is 0 Å². The molecule has 1 atom stereocenters. The smallest absolute Gasteiger partial charge is 0.276 e. The molecule has 0 saturated carbocycles. The van der Waals surface area contributed by atoms with Crippen LogP contribution in [0.25, 0.3) is 0 Å². The Morgan fingerprint density at radius 3 is 2.47 bits per heavy atom. The van der Waals surface area contributed by atoms with Crippen LogP contribution in [0.4, 0.5) is 0 Å². The molecule has 0 aromatic heterocycles. The van der Waals surface area contributed by atoms with E-state index in [-0.39, 0.29) is 18.0 Å². The normalized spacial score (nSPS) is 13.8. The summed E-state index contributed by atoms with van der Waals surface area (Å²) in [4.78, 5) is 11.0. The van der Waals surface area contributed by atoms with Crippen LogP contribution in [0.2, 0.25) is 0 Å². The number of rotatable bonds is 5. The molecule has 0 aliphatic rings. The number of hydrogen-bond donors (Lipinski definition) is 1. The van der Waals surface area contributed by atoms with Gasteiger partial charge in [-0.1, -0.05) is 24.8 Å². The summed E-state index contributed by atoms with van der Waals surface area (Å²) in [5.41, 5.74) is 0.109. The van der Waals surface area contributed by atoms with Crippen LogP contribution in [-0.2, 0) is 13.9 Å². The van der Waals surface area contributed by atoms with Crippen LogP contribution in [0.15, 0.2) is 42.3 Å². The topological polar surface area (TPSA) is 55.4 Å². The van der Waals surface area contributed by atoms with Crippen molar-refractivity contribution >= 4 is 18.6 Å². The molecule has 0 heterocycles. The molecule has 1 rings (SSSR count). The van der Waals surface area contributed by atoms with Gasteiger partial charge in [0, 0.05) is 12.2 Å². The molecule has 4 nitrogen and oxygen atoms in total. The minimum absolute atomic E-state index is 0.109. The van der Waals surface area contributed by atoms with Crippen molar-refractivity contribution in [2.24, 2.45) is 0 Å². The van der Waals surface area contributed by atoms with E-state index in [1.807, 2.05) is 6.07 Å². The van der Waals surface area contributed by atoms with Crippen molar-refractivity contribution in [1.82, 2.24) is 5.32 Å². The van der Waals surface area contributed by atoms with E-state index in [2.05, 4.69) is 11.9 Å². The van der Waals surface area contributed by atoms with Gasteiger partial charge in [0.2, 0.25) is 5.91 Å². The third-order valence-electron chi connectivity index (χ3n) is 2.08. The lowest BCUT2D eigenvalue weighted by molar-refractivity contribution is -0.118. The van der Waals surface area contributed by atoms with E-state index >= 15 is 0 Å². The van der Waals surface area contributed by atoms with Crippen molar-refractivity contribution in [2.45, 2.75) is 13.8 Å². The van der Waals surface area contributed by atoms with Crippen LogP contribution in [0, 0.1) is 0 Å². The van der Waals surface area contributed by atoms with E-state index in [4.69, 9.17) is 4.52 Å². The highest BCUT2D eigenvalue weighted by atomic mass is 31.2. The molecule has 0 aliphatic heterocycles. The molecule has 0 unspecified atom stereocenters. The SMILES string of the molecule is C=C(NC(C)=O)[P@](=O)(OCC)c1ccccc1. The lowest BCUT2D eigenvalue weighted by Crippen LogP contribution is -2.23. The van der Waals surface area contributed by atoms with Crippen LogP contribution in [-0.4, -0.2) is 12.5 Å². The summed E-state index contributed by atoms with van der Waals surface area (Å²) < 4.78 is 18.0. The lowest BCUT2D eigenvalue weighted by Gasteiger charge is -2.20. The van der Waals surface area contributed by atoms with E-state index in [0.29, 0.717) is 5.30 Å². The second-order valence-corrected chi connectivity index (χ2v) is 5.85. The predicted molar refractivity (Wildman–Crippen MR) is 68.3 cm³/mol. The fourth-order valence-corrected chi connectivity index (χ4v) is 3.24. The van der Waals surface area contributed by atoms with Gasteiger partial charge in [0.1, 0.15) is 5.44 Å². The molecular weight excluding hydrogens is 237 g/mol. The van der Waals surface area contributed by atoms with E-state index in [9.17, 15) is 9.36 Å². The van der Waals surface area contributed by atoms with E-state index in [1.54, 1.807) is 31.2 Å². The molecule has 92 valence electrons. The summed E-state index contributed by atoms with van der Waals surface area (Å²) in [5.74, 6) is -0.314. The molecule has 1 N–H and O–H groups in total. The molecule has 0 saturated heterocycles. The van der Waals surface area contributed by atoms with Gasteiger partial charge in [0.15, 0.2) is 0 Å². The van der Waals surface area contributed by atoms with Gasteiger partial charge < -0.3 is 9.84 Å². The highest BCUT2D eigenvalue weighted by Crippen LogP contribution is 2.51. The average molecular weight is 253 g/mol. The molecular formula is C12H16NO3P. The molecule has 0 bridgehead atoms. The number of benzene rings is 1. The Labute approximate surface area is 101 Å². The maximum atomic E-state index is 12.7. The summed E-state index contributed by atoms with van der Waals surface area (Å²) in [6.45, 7) is 7.01. The molecule has 0 aliphatic carbocycles. The number of carbonyl (C=O) groups excluding carboxylic acids is 1. The van der Waals surface area contributed by atoms with Gasteiger partial charge in [-0.25, -0.2) is 0 Å². The Balaban J connectivity index is 3.10. The van der Waals surface area contributed by atoms with Crippen molar-refractivity contribution in [3.8, 4) is 0 Å². The predicted octanol–water partition coefficient (Wildman–Crippen LogP) is 2.23. The average Bonchev–Trinajstić information content (AvgIpc) is 2.29. The summed E-state index contributed by atoms with van der Waals surface area (Å²) in [5, 5.41) is 2.97. The highest BCUT2D eigenvalue weighted by molar-refractivity contribution is 7.71. The monoisotopic (exact) mass is 253 g/mol. The zero-order valence-electron chi connectivity index (χ0n) is 9.97. The first-order valence-electron chi connectivity index (χ1n) is 5.28. The first-order valence-corrected chi connectivity index (χ1v) is 6.90.